The molecule has 24 heavy (non-hydrogen) atoms. The molecule has 9 heteroatoms. The lowest BCUT2D eigenvalue weighted by molar-refractivity contribution is -0.0550. The van der Waals surface area contributed by atoms with Crippen LogP contribution in [0, 0.1) is 5.82 Å². The van der Waals surface area contributed by atoms with Crippen molar-refractivity contribution in [1.82, 2.24) is 9.29 Å². The van der Waals surface area contributed by atoms with E-state index in [0.717, 1.165) is 15.4 Å². The number of nitrogens with zero attached hydrogens (tertiary/aromatic N) is 2. The first-order chi connectivity index (χ1) is 11.4. The Hall–Kier alpha value is -2.13. The summed E-state index contributed by atoms with van der Waals surface area (Å²) >= 11 is 0. The maximum atomic E-state index is 13.4. The van der Waals surface area contributed by atoms with Crippen LogP contribution in [0.25, 0.3) is 0 Å². The van der Waals surface area contributed by atoms with Crippen LogP contribution in [0.1, 0.15) is 11.1 Å². The number of fused-ring (bicyclic) bond motifs is 1. The summed E-state index contributed by atoms with van der Waals surface area (Å²) in [6, 6.07) is 7.96. The predicted octanol–water partition coefficient (Wildman–Crippen LogP) is 2.57. The van der Waals surface area contributed by atoms with Gasteiger partial charge in [0.25, 0.3) is 0 Å². The molecule has 0 spiro atoms. The first kappa shape index (κ1) is 16.7. The average molecular weight is 358 g/mol. The largest absolute Gasteiger partial charge is 0.415 e. The van der Waals surface area contributed by atoms with Crippen molar-refractivity contribution in [3.05, 3.63) is 53.5 Å². The standard InChI is InChI=1S/C15H13F3N2O3S/c16-12-7-13(14(19-8-12)23-15(17)18)24(21,22)20-6-5-10-3-1-2-4-11(10)9-20/h1-4,7-8,15H,5-6,9H2. The summed E-state index contributed by atoms with van der Waals surface area (Å²) in [5, 5.41) is 0. The Morgan fingerprint density at radius 2 is 1.92 bits per heavy atom. The van der Waals surface area contributed by atoms with E-state index in [0.29, 0.717) is 18.7 Å². The highest BCUT2D eigenvalue weighted by atomic mass is 32.2. The molecule has 1 aromatic heterocycles. The van der Waals surface area contributed by atoms with Gasteiger partial charge in [0.2, 0.25) is 15.9 Å². The summed E-state index contributed by atoms with van der Waals surface area (Å²) in [4.78, 5) is 2.63. The molecule has 0 fully saturated rings. The summed E-state index contributed by atoms with van der Waals surface area (Å²) in [6.07, 6.45) is 1.10. The Kier molecular flexibility index (Phi) is 4.46. The summed E-state index contributed by atoms with van der Waals surface area (Å²) in [6.45, 7) is -3.04. The van der Waals surface area contributed by atoms with Crippen molar-refractivity contribution in [1.29, 1.82) is 0 Å². The summed E-state index contributed by atoms with van der Waals surface area (Å²) < 4.78 is 69.1. The zero-order valence-electron chi connectivity index (χ0n) is 12.3. The van der Waals surface area contributed by atoms with E-state index in [1.807, 2.05) is 12.1 Å². The molecule has 0 unspecified atom stereocenters. The minimum atomic E-state index is -4.23. The van der Waals surface area contributed by atoms with Crippen LogP contribution in [0.4, 0.5) is 13.2 Å². The number of aromatic nitrogens is 1. The number of rotatable bonds is 4. The first-order valence-electron chi connectivity index (χ1n) is 7.05. The van der Waals surface area contributed by atoms with Gasteiger partial charge in [-0.05, 0) is 17.5 Å². The fraction of sp³-hybridized carbons (Fsp3) is 0.267. The van der Waals surface area contributed by atoms with Crippen LogP contribution in [0.2, 0.25) is 0 Å². The van der Waals surface area contributed by atoms with Crippen molar-refractivity contribution in [3.8, 4) is 5.88 Å². The molecule has 128 valence electrons. The van der Waals surface area contributed by atoms with E-state index in [-0.39, 0.29) is 13.1 Å². The van der Waals surface area contributed by atoms with Crippen molar-refractivity contribution in [3.63, 3.8) is 0 Å². The van der Waals surface area contributed by atoms with Gasteiger partial charge in [-0.1, -0.05) is 24.3 Å². The molecular formula is C15H13F3N2O3S. The molecule has 0 aliphatic carbocycles. The topological polar surface area (TPSA) is 59.5 Å². The second-order valence-corrected chi connectivity index (χ2v) is 7.10. The van der Waals surface area contributed by atoms with Crippen LogP contribution in [-0.4, -0.2) is 30.9 Å². The minimum Gasteiger partial charge on any atom is -0.415 e. The third kappa shape index (κ3) is 3.22. The molecule has 0 atom stereocenters. The molecule has 0 saturated carbocycles. The molecule has 1 aliphatic rings. The monoisotopic (exact) mass is 358 g/mol. The highest BCUT2D eigenvalue weighted by Gasteiger charge is 2.32. The molecule has 0 radical (unpaired) electrons. The number of halogens is 3. The van der Waals surface area contributed by atoms with Crippen LogP contribution in [0.15, 0.2) is 41.4 Å². The lowest BCUT2D eigenvalue weighted by Crippen LogP contribution is -2.36. The normalized spacial score (nSPS) is 15.3. The van der Waals surface area contributed by atoms with Crippen LogP contribution in [0.3, 0.4) is 0 Å². The molecule has 2 aromatic rings. The number of pyridine rings is 1. The van der Waals surface area contributed by atoms with Crippen LogP contribution in [0.5, 0.6) is 5.88 Å². The Morgan fingerprint density at radius 3 is 2.62 bits per heavy atom. The van der Waals surface area contributed by atoms with E-state index in [1.54, 1.807) is 12.1 Å². The molecule has 1 aromatic carbocycles. The maximum absolute atomic E-state index is 13.4. The average Bonchev–Trinajstić information content (AvgIpc) is 2.55. The highest BCUT2D eigenvalue weighted by Crippen LogP contribution is 2.30. The molecule has 2 heterocycles. The molecule has 0 bridgehead atoms. The fourth-order valence-corrected chi connectivity index (χ4v) is 4.08. The number of ether oxygens (including phenoxy) is 1. The molecule has 0 saturated heterocycles. The molecular weight excluding hydrogens is 345 g/mol. The van der Waals surface area contributed by atoms with Gasteiger partial charge < -0.3 is 4.74 Å². The number of sulfonamides is 1. The SMILES string of the molecule is O=S(=O)(c1cc(F)cnc1OC(F)F)N1CCc2ccccc2C1. The molecule has 0 N–H and O–H groups in total. The van der Waals surface area contributed by atoms with Crippen molar-refractivity contribution in [2.24, 2.45) is 0 Å². The number of hydrogen-bond donors (Lipinski definition) is 0. The van der Waals surface area contributed by atoms with Gasteiger partial charge in [0.15, 0.2) is 0 Å². The Morgan fingerprint density at radius 1 is 1.21 bits per heavy atom. The van der Waals surface area contributed by atoms with E-state index in [9.17, 15) is 21.6 Å². The lowest BCUT2D eigenvalue weighted by Gasteiger charge is -2.28. The quantitative estimate of drug-likeness (QED) is 0.843. The summed E-state index contributed by atoms with van der Waals surface area (Å²) in [7, 11) is -4.23. The van der Waals surface area contributed by atoms with E-state index in [2.05, 4.69) is 9.72 Å². The van der Waals surface area contributed by atoms with Gasteiger partial charge in [-0.15, -0.1) is 0 Å². The second-order valence-electron chi connectivity index (χ2n) is 5.19. The van der Waals surface area contributed by atoms with Gasteiger partial charge in [-0.2, -0.15) is 13.1 Å². The van der Waals surface area contributed by atoms with Crippen molar-refractivity contribution in [2.75, 3.05) is 6.54 Å². The zero-order chi connectivity index (χ0) is 17.3. The zero-order valence-corrected chi connectivity index (χ0v) is 13.1. The number of benzene rings is 1. The van der Waals surface area contributed by atoms with Gasteiger partial charge in [0, 0.05) is 19.2 Å². The molecule has 3 rings (SSSR count). The number of hydrogen-bond acceptors (Lipinski definition) is 4. The van der Waals surface area contributed by atoms with Crippen LogP contribution < -0.4 is 4.74 Å². The van der Waals surface area contributed by atoms with Gasteiger partial charge in [-0.25, -0.2) is 17.8 Å². The second kappa shape index (κ2) is 6.40. The Bertz CT molecular complexity index is 859. The van der Waals surface area contributed by atoms with Crippen LogP contribution >= 0.6 is 0 Å². The third-order valence-electron chi connectivity index (χ3n) is 3.70. The van der Waals surface area contributed by atoms with Gasteiger partial charge in [0.1, 0.15) is 10.7 Å². The van der Waals surface area contributed by atoms with E-state index in [1.165, 1.54) is 0 Å². The molecule has 5 nitrogen and oxygen atoms in total. The first-order valence-corrected chi connectivity index (χ1v) is 8.49. The van der Waals surface area contributed by atoms with Crippen molar-refractivity contribution >= 4 is 10.0 Å². The van der Waals surface area contributed by atoms with E-state index in [4.69, 9.17) is 0 Å². The molecule has 1 aliphatic heterocycles. The Balaban J connectivity index is 1.98. The van der Waals surface area contributed by atoms with Gasteiger partial charge in [-0.3, -0.25) is 0 Å². The maximum Gasteiger partial charge on any atom is 0.388 e. The van der Waals surface area contributed by atoms with E-state index < -0.39 is 33.2 Å². The lowest BCUT2D eigenvalue weighted by atomic mass is 10.0. The van der Waals surface area contributed by atoms with E-state index >= 15 is 0 Å². The smallest absolute Gasteiger partial charge is 0.388 e. The summed E-state index contributed by atoms with van der Waals surface area (Å²) in [5.41, 5.74) is 1.83. The summed E-state index contributed by atoms with van der Waals surface area (Å²) in [5.74, 6) is -1.77. The minimum absolute atomic E-state index is 0.0726. The van der Waals surface area contributed by atoms with Gasteiger partial charge >= 0.3 is 6.61 Å². The molecule has 0 amide bonds. The van der Waals surface area contributed by atoms with Crippen molar-refractivity contribution < 1.29 is 26.3 Å². The predicted molar refractivity (Wildman–Crippen MR) is 78.6 cm³/mol. The Labute approximate surface area is 136 Å². The third-order valence-corrected chi connectivity index (χ3v) is 5.54. The van der Waals surface area contributed by atoms with Crippen LogP contribution in [-0.2, 0) is 23.0 Å². The van der Waals surface area contributed by atoms with Crippen molar-refractivity contribution in [2.45, 2.75) is 24.5 Å². The highest BCUT2D eigenvalue weighted by molar-refractivity contribution is 7.89. The number of alkyl halides is 2. The fourth-order valence-electron chi connectivity index (χ4n) is 2.58. The van der Waals surface area contributed by atoms with Gasteiger partial charge in [0.05, 0.1) is 6.20 Å².